The van der Waals surface area contributed by atoms with Gasteiger partial charge in [-0.3, -0.25) is 4.90 Å². The van der Waals surface area contributed by atoms with Crippen molar-refractivity contribution in [3.8, 4) is 0 Å². The van der Waals surface area contributed by atoms with Crippen LogP contribution in [-0.4, -0.2) is 28.9 Å². The van der Waals surface area contributed by atoms with Crippen molar-refractivity contribution in [2.45, 2.75) is 38.6 Å². The van der Waals surface area contributed by atoms with Crippen molar-refractivity contribution in [1.82, 2.24) is 4.90 Å². The number of likely N-dealkylation sites (tertiary alicyclic amines) is 1. The van der Waals surface area contributed by atoms with Crippen molar-refractivity contribution >= 4 is 5.71 Å². The lowest BCUT2D eigenvalue weighted by Crippen LogP contribution is -2.33. The summed E-state index contributed by atoms with van der Waals surface area (Å²) < 4.78 is 0. The van der Waals surface area contributed by atoms with Crippen LogP contribution >= 0.6 is 0 Å². The van der Waals surface area contributed by atoms with Gasteiger partial charge in [0.25, 0.3) is 0 Å². The molecule has 0 unspecified atom stereocenters. The van der Waals surface area contributed by atoms with Gasteiger partial charge in [-0.25, -0.2) is 0 Å². The van der Waals surface area contributed by atoms with E-state index in [-0.39, 0.29) is 0 Å². The number of rotatable bonds is 2. The van der Waals surface area contributed by atoms with E-state index in [1.54, 1.807) is 11.1 Å². The number of fused-ring (bicyclic) bond motifs is 1. The molecule has 96 valence electrons. The van der Waals surface area contributed by atoms with Crippen molar-refractivity contribution in [3.05, 3.63) is 34.9 Å². The zero-order valence-corrected chi connectivity index (χ0v) is 10.7. The van der Waals surface area contributed by atoms with Gasteiger partial charge in [-0.1, -0.05) is 23.4 Å². The molecule has 1 aliphatic heterocycles. The second-order valence-corrected chi connectivity index (χ2v) is 5.40. The summed E-state index contributed by atoms with van der Waals surface area (Å²) in [5, 5.41) is 12.1. The van der Waals surface area contributed by atoms with Crippen molar-refractivity contribution in [3.63, 3.8) is 0 Å². The van der Waals surface area contributed by atoms with Gasteiger partial charge in [0.05, 0.1) is 5.71 Å². The van der Waals surface area contributed by atoms with E-state index < -0.39 is 0 Å². The van der Waals surface area contributed by atoms with E-state index in [9.17, 15) is 0 Å². The zero-order valence-electron chi connectivity index (χ0n) is 10.7. The highest BCUT2D eigenvalue weighted by atomic mass is 16.4. The molecule has 1 heterocycles. The molecule has 1 saturated heterocycles. The lowest BCUT2D eigenvalue weighted by atomic mass is 10.0. The maximum Gasteiger partial charge on any atom is 0.0596 e. The summed E-state index contributed by atoms with van der Waals surface area (Å²) in [6, 6.07) is 6.97. The number of piperidine rings is 1. The molecule has 1 aromatic rings. The second kappa shape index (κ2) is 5.11. The lowest BCUT2D eigenvalue weighted by molar-refractivity contribution is 0.256. The van der Waals surface area contributed by atoms with Crippen LogP contribution in [-0.2, 0) is 19.4 Å². The van der Waals surface area contributed by atoms with Crippen molar-refractivity contribution in [2.75, 3.05) is 13.1 Å². The highest BCUT2D eigenvalue weighted by molar-refractivity contribution is 5.84. The zero-order chi connectivity index (χ0) is 12.4. The number of oxime groups is 1. The standard InChI is InChI=1S/C15H20N2O/c18-16-15-6-8-17(9-7-15)11-12-4-5-13-2-1-3-14(13)10-12/h4-5,10,18H,1-3,6-9,11H2. The summed E-state index contributed by atoms with van der Waals surface area (Å²) in [4.78, 5) is 2.45. The van der Waals surface area contributed by atoms with Crippen molar-refractivity contribution < 1.29 is 5.21 Å². The molecule has 0 amide bonds. The van der Waals surface area contributed by atoms with E-state index in [1.807, 2.05) is 0 Å². The Hall–Kier alpha value is -1.35. The fourth-order valence-electron chi connectivity index (χ4n) is 3.05. The number of hydrogen-bond donors (Lipinski definition) is 1. The Balaban J connectivity index is 1.63. The Morgan fingerprint density at radius 3 is 2.61 bits per heavy atom. The maximum atomic E-state index is 8.74. The largest absolute Gasteiger partial charge is 0.411 e. The molecular formula is C15H20N2O. The monoisotopic (exact) mass is 244 g/mol. The Morgan fingerprint density at radius 2 is 1.83 bits per heavy atom. The fraction of sp³-hybridized carbons (Fsp3) is 0.533. The van der Waals surface area contributed by atoms with Crippen LogP contribution in [0.5, 0.6) is 0 Å². The van der Waals surface area contributed by atoms with Gasteiger partial charge < -0.3 is 5.21 Å². The van der Waals surface area contributed by atoms with Gasteiger partial charge >= 0.3 is 0 Å². The van der Waals surface area contributed by atoms with Crippen LogP contribution in [0.1, 0.15) is 36.0 Å². The van der Waals surface area contributed by atoms with Gasteiger partial charge in [0.15, 0.2) is 0 Å². The fourth-order valence-corrected chi connectivity index (χ4v) is 3.05. The Bertz CT molecular complexity index is 458. The van der Waals surface area contributed by atoms with Gasteiger partial charge in [-0.2, -0.15) is 0 Å². The Kier molecular flexibility index (Phi) is 3.33. The highest BCUT2D eigenvalue weighted by Gasteiger charge is 2.16. The third-order valence-electron chi connectivity index (χ3n) is 4.14. The Labute approximate surface area is 108 Å². The molecular weight excluding hydrogens is 224 g/mol. The summed E-state index contributed by atoms with van der Waals surface area (Å²) in [5.41, 5.74) is 5.48. The van der Waals surface area contributed by atoms with Crippen LogP contribution in [0.15, 0.2) is 23.4 Å². The molecule has 0 aromatic heterocycles. The van der Waals surface area contributed by atoms with Gasteiger partial charge in [0, 0.05) is 32.5 Å². The summed E-state index contributed by atoms with van der Waals surface area (Å²) in [6.45, 7) is 3.05. The van der Waals surface area contributed by atoms with E-state index in [0.717, 1.165) is 38.2 Å². The summed E-state index contributed by atoms with van der Waals surface area (Å²) in [5.74, 6) is 0. The minimum absolute atomic E-state index is 0.904. The highest BCUT2D eigenvalue weighted by Crippen LogP contribution is 2.23. The van der Waals surface area contributed by atoms with E-state index >= 15 is 0 Å². The molecule has 3 heteroatoms. The molecule has 2 aliphatic rings. The van der Waals surface area contributed by atoms with Crippen LogP contribution in [0, 0.1) is 0 Å². The molecule has 0 bridgehead atoms. The molecule has 3 nitrogen and oxygen atoms in total. The average molecular weight is 244 g/mol. The molecule has 18 heavy (non-hydrogen) atoms. The first-order valence-corrected chi connectivity index (χ1v) is 6.88. The number of hydrogen-bond acceptors (Lipinski definition) is 3. The molecule has 0 radical (unpaired) electrons. The average Bonchev–Trinajstić information content (AvgIpc) is 2.87. The van der Waals surface area contributed by atoms with Crippen LogP contribution in [0.4, 0.5) is 0 Å². The second-order valence-electron chi connectivity index (χ2n) is 5.40. The first kappa shape index (κ1) is 11.7. The molecule has 0 spiro atoms. The van der Waals surface area contributed by atoms with Crippen molar-refractivity contribution in [2.24, 2.45) is 5.16 Å². The van der Waals surface area contributed by atoms with E-state index in [0.29, 0.717) is 0 Å². The lowest BCUT2D eigenvalue weighted by Gasteiger charge is -2.27. The van der Waals surface area contributed by atoms with Crippen LogP contribution in [0.2, 0.25) is 0 Å². The molecule has 1 N–H and O–H groups in total. The van der Waals surface area contributed by atoms with Crippen LogP contribution in [0.25, 0.3) is 0 Å². The minimum Gasteiger partial charge on any atom is -0.411 e. The third-order valence-corrected chi connectivity index (χ3v) is 4.14. The van der Waals surface area contributed by atoms with Gasteiger partial charge in [0.1, 0.15) is 0 Å². The molecule has 1 fully saturated rings. The first-order chi connectivity index (χ1) is 8.85. The first-order valence-electron chi connectivity index (χ1n) is 6.88. The molecule has 0 atom stereocenters. The van der Waals surface area contributed by atoms with E-state index in [2.05, 4.69) is 28.3 Å². The smallest absolute Gasteiger partial charge is 0.0596 e. The quantitative estimate of drug-likeness (QED) is 0.641. The van der Waals surface area contributed by atoms with Crippen LogP contribution in [0.3, 0.4) is 0 Å². The summed E-state index contributed by atoms with van der Waals surface area (Å²) >= 11 is 0. The number of aryl methyl sites for hydroxylation is 2. The van der Waals surface area contributed by atoms with E-state index in [4.69, 9.17) is 5.21 Å². The van der Waals surface area contributed by atoms with Gasteiger partial charge in [-0.15, -0.1) is 0 Å². The number of nitrogens with zero attached hydrogens (tertiary/aromatic N) is 2. The van der Waals surface area contributed by atoms with Crippen LogP contribution < -0.4 is 0 Å². The Morgan fingerprint density at radius 1 is 1.06 bits per heavy atom. The van der Waals surface area contributed by atoms with Crippen molar-refractivity contribution in [1.29, 1.82) is 0 Å². The summed E-state index contributed by atoms with van der Waals surface area (Å²) in [7, 11) is 0. The predicted molar refractivity (Wildman–Crippen MR) is 72.2 cm³/mol. The maximum absolute atomic E-state index is 8.74. The number of benzene rings is 1. The van der Waals surface area contributed by atoms with Gasteiger partial charge in [0.2, 0.25) is 0 Å². The summed E-state index contributed by atoms with van der Waals surface area (Å²) in [6.07, 6.45) is 5.64. The SMILES string of the molecule is ON=C1CCN(Cc2ccc3c(c2)CCC3)CC1. The minimum atomic E-state index is 0.904. The van der Waals surface area contributed by atoms with E-state index in [1.165, 1.54) is 24.8 Å². The third kappa shape index (κ3) is 2.41. The molecule has 0 saturated carbocycles. The predicted octanol–water partition coefficient (Wildman–Crippen LogP) is 2.60. The molecule has 1 aromatic carbocycles. The molecule has 1 aliphatic carbocycles. The van der Waals surface area contributed by atoms with Gasteiger partial charge in [-0.05, 0) is 36.0 Å². The normalized spacial score (nSPS) is 19.9. The topological polar surface area (TPSA) is 35.8 Å². The molecule has 3 rings (SSSR count).